The summed E-state index contributed by atoms with van der Waals surface area (Å²) >= 11 is 0. The van der Waals surface area contributed by atoms with E-state index in [1.807, 2.05) is 13.8 Å². The van der Waals surface area contributed by atoms with Gasteiger partial charge in [-0.25, -0.2) is 0 Å². The molecule has 0 saturated carbocycles. The predicted octanol–water partition coefficient (Wildman–Crippen LogP) is 1.26. The van der Waals surface area contributed by atoms with Crippen molar-refractivity contribution >= 4 is 5.96 Å². The molecule has 0 aromatic rings. The van der Waals surface area contributed by atoms with Crippen LogP contribution in [0.3, 0.4) is 0 Å². The van der Waals surface area contributed by atoms with Crippen LogP contribution in [0.5, 0.6) is 0 Å². The highest BCUT2D eigenvalue weighted by Crippen LogP contribution is 2.20. The van der Waals surface area contributed by atoms with E-state index >= 15 is 0 Å². The Morgan fingerprint density at radius 1 is 1.27 bits per heavy atom. The van der Waals surface area contributed by atoms with E-state index in [2.05, 4.69) is 5.16 Å². The third-order valence-corrected chi connectivity index (χ3v) is 2.08. The maximum Gasteiger partial charge on any atom is 0.718 e. The van der Waals surface area contributed by atoms with Gasteiger partial charge in [0.1, 0.15) is 0 Å². The minimum Gasteiger partial charge on any atom is -0.320 e. The van der Waals surface area contributed by atoms with Gasteiger partial charge < -0.3 is 20.2 Å². The molecule has 0 aliphatic rings. The van der Waals surface area contributed by atoms with Crippen LogP contribution < -0.4 is 0 Å². The lowest BCUT2D eigenvalue weighted by atomic mass is 9.95. The summed E-state index contributed by atoms with van der Waals surface area (Å²) in [6, 6.07) is 0. The summed E-state index contributed by atoms with van der Waals surface area (Å²) in [5.74, 6) is -1.40. The Balaban J connectivity index is 4.75. The van der Waals surface area contributed by atoms with Crippen molar-refractivity contribution < 1.29 is 14.7 Å². The predicted molar refractivity (Wildman–Crippen MR) is 51.4 cm³/mol. The summed E-state index contributed by atoms with van der Waals surface area (Å²) in [5, 5.41) is 23.3. The first-order valence-electron chi connectivity index (χ1n) is 4.23. The van der Waals surface area contributed by atoms with E-state index in [9.17, 15) is 20.2 Å². The normalized spacial score (nSPS) is 11.0. The number of nitrogens with zero attached hydrogens (tertiary/aromatic N) is 3. The fourth-order valence-electron chi connectivity index (χ4n) is 0.397. The van der Waals surface area contributed by atoms with E-state index in [1.54, 1.807) is 13.8 Å². The van der Waals surface area contributed by atoms with Crippen molar-refractivity contribution in [2.75, 3.05) is 0 Å². The Bertz CT molecular complexity index is 281. The Morgan fingerprint density at radius 3 is 1.93 bits per heavy atom. The zero-order valence-corrected chi connectivity index (χ0v) is 8.96. The molecule has 8 heteroatoms. The SMILES string of the molecule is CC(C)C(C)(C)ON=C([N+](=O)[O-])[N+](=O)[O-]. The lowest BCUT2D eigenvalue weighted by molar-refractivity contribution is -0.506. The Hall–Kier alpha value is -1.73. The molecular weight excluding hydrogens is 206 g/mol. The van der Waals surface area contributed by atoms with Crippen LogP contribution in [0.1, 0.15) is 27.7 Å². The van der Waals surface area contributed by atoms with Gasteiger partial charge in [-0.15, -0.1) is 0 Å². The van der Waals surface area contributed by atoms with Gasteiger partial charge in [0, 0.05) is 0 Å². The second kappa shape index (κ2) is 4.67. The quantitative estimate of drug-likeness (QED) is 0.307. The van der Waals surface area contributed by atoms with Crippen molar-refractivity contribution in [2.24, 2.45) is 11.1 Å². The Morgan fingerprint density at radius 2 is 1.67 bits per heavy atom. The Kier molecular flexibility index (Phi) is 4.13. The smallest absolute Gasteiger partial charge is 0.320 e. The van der Waals surface area contributed by atoms with E-state index in [0.717, 1.165) is 0 Å². The van der Waals surface area contributed by atoms with Gasteiger partial charge in [0.15, 0.2) is 5.60 Å². The molecule has 8 nitrogen and oxygen atoms in total. The average molecular weight is 219 g/mol. The molecule has 0 fully saturated rings. The molecule has 0 heterocycles. The van der Waals surface area contributed by atoms with Crippen molar-refractivity contribution in [3.8, 4) is 0 Å². The molecule has 0 spiro atoms. The van der Waals surface area contributed by atoms with Crippen LogP contribution in [0.15, 0.2) is 5.16 Å². The van der Waals surface area contributed by atoms with Crippen LogP contribution in [0.2, 0.25) is 0 Å². The standard InChI is InChI=1S/C7H13N3O5/c1-5(2)7(3,4)15-8-6(9(11)12)10(13)14/h5H,1-4H3. The van der Waals surface area contributed by atoms with Gasteiger partial charge in [0.05, 0.1) is 9.85 Å². The van der Waals surface area contributed by atoms with Gasteiger partial charge in [0.2, 0.25) is 0 Å². The first-order chi connectivity index (χ1) is 6.68. The summed E-state index contributed by atoms with van der Waals surface area (Å²) in [5.41, 5.74) is -0.794. The number of oxime groups is 1. The number of guanidine groups is 1. The lowest BCUT2D eigenvalue weighted by Gasteiger charge is -2.20. The average Bonchev–Trinajstić information content (AvgIpc) is 2.02. The van der Waals surface area contributed by atoms with Gasteiger partial charge in [-0.3, -0.25) is 4.84 Å². The van der Waals surface area contributed by atoms with Crippen molar-refractivity contribution in [3.05, 3.63) is 20.2 Å². The highest BCUT2D eigenvalue weighted by atomic mass is 16.7. The maximum atomic E-state index is 10.2. The molecule has 0 N–H and O–H groups in total. The van der Waals surface area contributed by atoms with Crippen LogP contribution in [-0.4, -0.2) is 21.4 Å². The molecule has 0 saturated heterocycles. The molecule has 0 rings (SSSR count). The van der Waals surface area contributed by atoms with Crippen molar-refractivity contribution in [2.45, 2.75) is 33.3 Å². The third kappa shape index (κ3) is 3.88. The molecular formula is C7H13N3O5. The molecule has 0 amide bonds. The minimum atomic E-state index is -1.41. The van der Waals surface area contributed by atoms with E-state index in [0.29, 0.717) is 0 Å². The monoisotopic (exact) mass is 219 g/mol. The number of rotatable bonds is 3. The lowest BCUT2D eigenvalue weighted by Crippen LogP contribution is -2.31. The molecule has 0 aromatic heterocycles. The van der Waals surface area contributed by atoms with Gasteiger partial charge in [0.25, 0.3) is 5.16 Å². The summed E-state index contributed by atoms with van der Waals surface area (Å²) in [6.45, 7) is 6.90. The number of hydrogen-bond donors (Lipinski definition) is 0. The topological polar surface area (TPSA) is 108 Å². The molecule has 0 aliphatic carbocycles. The summed E-state index contributed by atoms with van der Waals surface area (Å²) in [4.78, 5) is 22.7. The first-order valence-corrected chi connectivity index (χ1v) is 4.23. The van der Waals surface area contributed by atoms with Crippen LogP contribution >= 0.6 is 0 Å². The largest absolute Gasteiger partial charge is 0.718 e. The van der Waals surface area contributed by atoms with Crippen LogP contribution in [0.25, 0.3) is 0 Å². The van der Waals surface area contributed by atoms with Gasteiger partial charge in [-0.05, 0) is 19.8 Å². The Labute approximate surface area is 86.2 Å². The fraction of sp³-hybridized carbons (Fsp3) is 0.857. The molecule has 86 valence electrons. The molecule has 0 atom stereocenters. The maximum absolute atomic E-state index is 10.2. The van der Waals surface area contributed by atoms with E-state index in [4.69, 9.17) is 4.84 Å². The fourth-order valence-corrected chi connectivity index (χ4v) is 0.397. The number of hydrogen-bond acceptors (Lipinski definition) is 6. The highest BCUT2D eigenvalue weighted by molar-refractivity contribution is 5.61. The molecule has 0 aromatic carbocycles. The summed E-state index contributed by atoms with van der Waals surface area (Å²) < 4.78 is 0. The van der Waals surface area contributed by atoms with Crippen LogP contribution in [0, 0.1) is 26.1 Å². The van der Waals surface area contributed by atoms with E-state index in [1.165, 1.54) is 0 Å². The van der Waals surface area contributed by atoms with Crippen molar-refractivity contribution in [3.63, 3.8) is 0 Å². The summed E-state index contributed by atoms with van der Waals surface area (Å²) in [6.07, 6.45) is 0. The molecule has 0 radical (unpaired) electrons. The van der Waals surface area contributed by atoms with Crippen LogP contribution in [-0.2, 0) is 4.84 Å². The molecule has 15 heavy (non-hydrogen) atoms. The zero-order chi connectivity index (χ0) is 12.2. The zero-order valence-electron chi connectivity index (χ0n) is 8.96. The second-order valence-corrected chi connectivity index (χ2v) is 3.75. The third-order valence-electron chi connectivity index (χ3n) is 2.08. The van der Waals surface area contributed by atoms with Gasteiger partial charge >= 0.3 is 5.96 Å². The molecule has 0 unspecified atom stereocenters. The van der Waals surface area contributed by atoms with E-state index in [-0.39, 0.29) is 5.92 Å². The second-order valence-electron chi connectivity index (χ2n) is 3.75. The first kappa shape index (κ1) is 13.3. The van der Waals surface area contributed by atoms with Crippen LogP contribution in [0.4, 0.5) is 0 Å². The van der Waals surface area contributed by atoms with Gasteiger partial charge in [-0.1, -0.05) is 13.8 Å². The molecule has 0 bridgehead atoms. The van der Waals surface area contributed by atoms with Crippen molar-refractivity contribution in [1.82, 2.24) is 0 Å². The van der Waals surface area contributed by atoms with Crippen molar-refractivity contribution in [1.29, 1.82) is 0 Å². The summed E-state index contributed by atoms with van der Waals surface area (Å²) in [7, 11) is 0. The molecule has 0 aliphatic heterocycles. The van der Waals surface area contributed by atoms with Gasteiger partial charge in [-0.2, -0.15) is 0 Å². The number of nitro groups is 2. The highest BCUT2D eigenvalue weighted by Gasteiger charge is 2.35. The van der Waals surface area contributed by atoms with E-state index < -0.39 is 21.4 Å². The minimum absolute atomic E-state index is 0.0148.